The number of phenols is 2. The topological polar surface area (TPSA) is 49.7 Å². The lowest BCUT2D eigenvalue weighted by Crippen LogP contribution is -2.22. The number of phenolic OH excluding ortho intramolecular Hbond substituents is 2. The van der Waals surface area contributed by atoms with E-state index in [9.17, 15) is 10.2 Å². The van der Waals surface area contributed by atoms with Gasteiger partial charge in [0.15, 0.2) is 11.5 Å². The van der Waals surface area contributed by atoms with E-state index in [4.69, 9.17) is 4.74 Å². The number of benzene rings is 1. The molecular weight excluding hydrogens is 180 g/mol. The van der Waals surface area contributed by atoms with E-state index >= 15 is 0 Å². The Bertz CT molecular complexity index is 360. The second-order valence-corrected chi connectivity index (χ2v) is 3.79. The van der Waals surface area contributed by atoms with Crippen LogP contribution in [-0.4, -0.2) is 16.3 Å². The molecule has 0 aliphatic carbocycles. The van der Waals surface area contributed by atoms with Gasteiger partial charge in [0.1, 0.15) is 0 Å². The molecule has 14 heavy (non-hydrogen) atoms. The minimum Gasteiger partial charge on any atom is -0.504 e. The van der Waals surface area contributed by atoms with Gasteiger partial charge in [-0.25, -0.2) is 0 Å². The van der Waals surface area contributed by atoms with E-state index in [-0.39, 0.29) is 23.7 Å². The lowest BCUT2D eigenvalue weighted by Gasteiger charge is -2.28. The highest BCUT2D eigenvalue weighted by Gasteiger charge is 2.25. The molecule has 3 nitrogen and oxygen atoms in total. The zero-order valence-electron chi connectivity index (χ0n) is 8.32. The Morgan fingerprint density at radius 3 is 2.71 bits per heavy atom. The summed E-state index contributed by atoms with van der Waals surface area (Å²) in [6.07, 6.45) is 0.727. The van der Waals surface area contributed by atoms with Gasteiger partial charge in [0.2, 0.25) is 0 Å². The SMILES string of the molecule is CC1Cc2c(ccc(O)c2O)C(C)O1. The Morgan fingerprint density at radius 1 is 1.29 bits per heavy atom. The van der Waals surface area contributed by atoms with Gasteiger partial charge in [-0.3, -0.25) is 0 Å². The molecule has 1 aliphatic heterocycles. The maximum atomic E-state index is 9.67. The van der Waals surface area contributed by atoms with E-state index < -0.39 is 0 Å². The van der Waals surface area contributed by atoms with Crippen LogP contribution in [-0.2, 0) is 11.2 Å². The molecule has 0 bridgehead atoms. The minimum atomic E-state index is -0.0509. The second-order valence-electron chi connectivity index (χ2n) is 3.79. The molecule has 1 aromatic carbocycles. The highest BCUT2D eigenvalue weighted by atomic mass is 16.5. The van der Waals surface area contributed by atoms with Crippen LogP contribution in [0, 0.1) is 0 Å². The molecule has 0 fully saturated rings. The van der Waals surface area contributed by atoms with E-state index in [2.05, 4.69) is 0 Å². The summed E-state index contributed by atoms with van der Waals surface area (Å²) in [5.41, 5.74) is 1.79. The van der Waals surface area contributed by atoms with Crippen molar-refractivity contribution in [1.29, 1.82) is 0 Å². The van der Waals surface area contributed by atoms with Crippen LogP contribution in [0.2, 0.25) is 0 Å². The lowest BCUT2D eigenvalue weighted by molar-refractivity contribution is -0.00543. The molecule has 2 N–H and O–H groups in total. The molecule has 2 unspecified atom stereocenters. The van der Waals surface area contributed by atoms with Crippen molar-refractivity contribution < 1.29 is 14.9 Å². The summed E-state index contributed by atoms with van der Waals surface area (Å²) in [6, 6.07) is 3.31. The van der Waals surface area contributed by atoms with Gasteiger partial charge in [-0.1, -0.05) is 6.07 Å². The van der Waals surface area contributed by atoms with Crippen LogP contribution in [0.4, 0.5) is 0 Å². The van der Waals surface area contributed by atoms with Crippen molar-refractivity contribution >= 4 is 0 Å². The molecule has 1 aromatic rings. The molecule has 0 saturated heterocycles. The van der Waals surface area contributed by atoms with Gasteiger partial charge >= 0.3 is 0 Å². The molecule has 0 aromatic heterocycles. The van der Waals surface area contributed by atoms with Crippen molar-refractivity contribution in [3.63, 3.8) is 0 Å². The highest BCUT2D eigenvalue weighted by Crippen LogP contribution is 2.39. The zero-order valence-corrected chi connectivity index (χ0v) is 8.32. The first-order chi connectivity index (χ1) is 6.59. The van der Waals surface area contributed by atoms with E-state index in [0.717, 1.165) is 11.1 Å². The predicted molar refractivity (Wildman–Crippen MR) is 52.4 cm³/mol. The van der Waals surface area contributed by atoms with Crippen molar-refractivity contribution in [3.05, 3.63) is 23.3 Å². The molecule has 1 heterocycles. The standard InChI is InChI=1S/C11H14O3/c1-6-5-9-8(7(2)14-6)3-4-10(12)11(9)13/h3-4,6-7,12-13H,5H2,1-2H3. The summed E-state index contributed by atoms with van der Waals surface area (Å²) in [6.45, 7) is 3.91. The number of fused-ring (bicyclic) bond motifs is 1. The summed E-state index contributed by atoms with van der Waals surface area (Å²) in [5, 5.41) is 19.0. The third-order valence-corrected chi connectivity index (χ3v) is 2.66. The fraction of sp³-hybridized carbons (Fsp3) is 0.455. The van der Waals surface area contributed by atoms with Crippen molar-refractivity contribution in [2.75, 3.05) is 0 Å². The van der Waals surface area contributed by atoms with Gasteiger partial charge in [-0.2, -0.15) is 0 Å². The fourth-order valence-corrected chi connectivity index (χ4v) is 1.99. The fourth-order valence-electron chi connectivity index (χ4n) is 1.99. The van der Waals surface area contributed by atoms with Crippen molar-refractivity contribution in [1.82, 2.24) is 0 Å². The monoisotopic (exact) mass is 194 g/mol. The van der Waals surface area contributed by atoms with Gasteiger partial charge in [0.25, 0.3) is 0 Å². The van der Waals surface area contributed by atoms with E-state index in [0.29, 0.717) is 6.42 Å². The molecule has 0 saturated carbocycles. The minimum absolute atomic E-state index is 0.00417. The molecule has 76 valence electrons. The Hall–Kier alpha value is -1.22. The quantitative estimate of drug-likeness (QED) is 0.622. The van der Waals surface area contributed by atoms with E-state index in [1.165, 1.54) is 6.07 Å². The number of hydrogen-bond acceptors (Lipinski definition) is 3. The first-order valence-corrected chi connectivity index (χ1v) is 4.78. The largest absolute Gasteiger partial charge is 0.504 e. The molecule has 2 rings (SSSR count). The average Bonchev–Trinajstić information content (AvgIpc) is 2.12. The zero-order chi connectivity index (χ0) is 10.3. The van der Waals surface area contributed by atoms with E-state index in [1.807, 2.05) is 13.8 Å². The molecule has 3 heteroatoms. The van der Waals surface area contributed by atoms with Gasteiger partial charge < -0.3 is 14.9 Å². The summed E-state index contributed by atoms with van der Waals surface area (Å²) in [4.78, 5) is 0. The summed E-state index contributed by atoms with van der Waals surface area (Å²) in [7, 11) is 0. The average molecular weight is 194 g/mol. The summed E-state index contributed by atoms with van der Waals surface area (Å²) < 4.78 is 5.61. The molecule has 2 atom stereocenters. The predicted octanol–water partition coefficient (Wildman–Crippen LogP) is 2.12. The number of aromatic hydroxyl groups is 2. The number of rotatable bonds is 0. The van der Waals surface area contributed by atoms with Gasteiger partial charge in [-0.15, -0.1) is 0 Å². The smallest absolute Gasteiger partial charge is 0.161 e. The van der Waals surface area contributed by atoms with Gasteiger partial charge in [-0.05, 0) is 25.5 Å². The van der Waals surface area contributed by atoms with Crippen molar-refractivity contribution in [2.24, 2.45) is 0 Å². The second kappa shape index (κ2) is 3.17. The van der Waals surface area contributed by atoms with Gasteiger partial charge in [0.05, 0.1) is 12.2 Å². The van der Waals surface area contributed by atoms with E-state index in [1.54, 1.807) is 6.07 Å². The summed E-state index contributed by atoms with van der Waals surface area (Å²) >= 11 is 0. The Balaban J connectivity index is 2.54. The van der Waals surface area contributed by atoms with Crippen molar-refractivity contribution in [3.8, 4) is 11.5 Å². The van der Waals surface area contributed by atoms with Crippen LogP contribution in [0.25, 0.3) is 0 Å². The molecular formula is C11H14O3. The van der Waals surface area contributed by atoms with Gasteiger partial charge in [0, 0.05) is 12.0 Å². The van der Waals surface area contributed by atoms with Crippen molar-refractivity contribution in [2.45, 2.75) is 32.5 Å². The third-order valence-electron chi connectivity index (χ3n) is 2.66. The molecule has 0 spiro atoms. The number of hydrogen-bond donors (Lipinski definition) is 2. The first kappa shape index (κ1) is 9.34. The van der Waals surface area contributed by atoms with Crippen LogP contribution in [0.15, 0.2) is 12.1 Å². The Morgan fingerprint density at radius 2 is 2.00 bits per heavy atom. The Kier molecular flexibility index (Phi) is 2.11. The molecule has 0 radical (unpaired) electrons. The third kappa shape index (κ3) is 1.34. The molecule has 1 aliphatic rings. The Labute approximate surface area is 83.0 Å². The van der Waals surface area contributed by atoms with Crippen LogP contribution < -0.4 is 0 Å². The van der Waals surface area contributed by atoms with Crippen LogP contribution in [0.3, 0.4) is 0 Å². The number of ether oxygens (including phenoxy) is 1. The molecule has 0 amide bonds. The highest BCUT2D eigenvalue weighted by molar-refractivity contribution is 5.50. The van der Waals surface area contributed by atoms with Crippen LogP contribution >= 0.6 is 0 Å². The maximum absolute atomic E-state index is 9.67. The van der Waals surface area contributed by atoms with Crippen LogP contribution in [0.1, 0.15) is 31.1 Å². The lowest BCUT2D eigenvalue weighted by atomic mass is 9.94. The normalized spacial score (nSPS) is 25.9. The summed E-state index contributed by atoms with van der Waals surface area (Å²) in [5.74, 6) is -0.0467. The maximum Gasteiger partial charge on any atom is 0.161 e. The first-order valence-electron chi connectivity index (χ1n) is 4.78. The van der Waals surface area contributed by atoms with Crippen LogP contribution in [0.5, 0.6) is 11.5 Å².